The Morgan fingerprint density at radius 3 is 2.22 bits per heavy atom. The quantitative estimate of drug-likeness (QED) is 0.495. The molecule has 2 aromatic carbocycles. The van der Waals surface area contributed by atoms with E-state index in [9.17, 15) is 0 Å². The summed E-state index contributed by atoms with van der Waals surface area (Å²) in [5.74, 6) is 1.75. The second-order valence-corrected chi connectivity index (χ2v) is 7.17. The molecule has 1 saturated carbocycles. The Balaban J connectivity index is 1.67. The fourth-order valence-corrected chi connectivity index (χ4v) is 4.18. The molecular formula is C23H30. The lowest BCUT2D eigenvalue weighted by Gasteiger charge is -2.30. The molecule has 0 spiro atoms. The first-order valence-electron chi connectivity index (χ1n) is 9.53. The minimum absolute atomic E-state index is 0.758. The van der Waals surface area contributed by atoms with E-state index < -0.39 is 0 Å². The second-order valence-electron chi connectivity index (χ2n) is 7.17. The molecule has 2 aromatic rings. The maximum absolute atomic E-state index is 2.37. The van der Waals surface area contributed by atoms with E-state index in [2.05, 4.69) is 61.5 Å². The van der Waals surface area contributed by atoms with Gasteiger partial charge in [0.1, 0.15) is 0 Å². The van der Waals surface area contributed by atoms with Crippen LogP contribution in [0.1, 0.15) is 69.8 Å². The molecule has 122 valence electrons. The average molecular weight is 306 g/mol. The molecule has 0 amide bonds. The largest absolute Gasteiger partial charge is 0.0654 e. The Kier molecular flexibility index (Phi) is 5.91. The molecule has 0 unspecified atom stereocenters. The summed E-state index contributed by atoms with van der Waals surface area (Å²) >= 11 is 0. The fourth-order valence-electron chi connectivity index (χ4n) is 4.18. The first-order chi connectivity index (χ1) is 11.4. The number of hydrogen-bond donors (Lipinski definition) is 0. The minimum Gasteiger partial charge on any atom is -0.0654 e. The van der Waals surface area contributed by atoms with Gasteiger partial charge in [-0.05, 0) is 54.2 Å². The Bertz CT molecular complexity index is 576. The smallest absolute Gasteiger partial charge is 0.0149 e. The molecule has 0 radical (unpaired) electrons. The molecule has 0 heterocycles. The van der Waals surface area contributed by atoms with Gasteiger partial charge in [0.2, 0.25) is 0 Å². The lowest BCUT2D eigenvalue weighted by Crippen LogP contribution is -2.14. The third-order valence-electron chi connectivity index (χ3n) is 5.55. The molecule has 23 heavy (non-hydrogen) atoms. The van der Waals surface area contributed by atoms with E-state index in [1.54, 1.807) is 5.56 Å². The van der Waals surface area contributed by atoms with E-state index >= 15 is 0 Å². The lowest BCUT2D eigenvalue weighted by molar-refractivity contribution is 0.303. The number of unbranched alkanes of at least 4 members (excludes halogenated alkanes) is 2. The van der Waals surface area contributed by atoms with Crippen LogP contribution in [-0.2, 0) is 0 Å². The molecule has 0 saturated heterocycles. The van der Waals surface area contributed by atoms with Gasteiger partial charge in [0.05, 0.1) is 0 Å². The predicted octanol–water partition coefficient (Wildman–Crippen LogP) is 7.21. The molecule has 0 heteroatoms. The average Bonchev–Trinajstić information content (AvgIpc) is 2.63. The van der Waals surface area contributed by atoms with Crippen molar-refractivity contribution in [2.45, 2.75) is 64.2 Å². The highest BCUT2D eigenvalue weighted by atomic mass is 14.3. The van der Waals surface area contributed by atoms with E-state index in [1.165, 1.54) is 62.5 Å². The van der Waals surface area contributed by atoms with Crippen LogP contribution in [0.5, 0.6) is 0 Å². The van der Waals surface area contributed by atoms with Gasteiger partial charge in [-0.3, -0.25) is 0 Å². The van der Waals surface area contributed by atoms with Gasteiger partial charge in [0.25, 0.3) is 0 Å². The highest BCUT2D eigenvalue weighted by Gasteiger charge is 2.23. The van der Waals surface area contributed by atoms with Crippen molar-refractivity contribution in [1.82, 2.24) is 0 Å². The van der Waals surface area contributed by atoms with Crippen molar-refractivity contribution in [3.05, 3.63) is 60.2 Å². The number of hydrogen-bond acceptors (Lipinski definition) is 0. The summed E-state index contributed by atoms with van der Waals surface area (Å²) in [5, 5.41) is 0. The van der Waals surface area contributed by atoms with Crippen LogP contribution >= 0.6 is 0 Å². The van der Waals surface area contributed by atoms with E-state index in [0.29, 0.717) is 0 Å². The Morgan fingerprint density at radius 1 is 0.783 bits per heavy atom. The van der Waals surface area contributed by atoms with Gasteiger partial charge >= 0.3 is 0 Å². The zero-order valence-electron chi connectivity index (χ0n) is 14.5. The van der Waals surface area contributed by atoms with Gasteiger partial charge in [-0.2, -0.15) is 0 Å². The molecule has 1 fully saturated rings. The van der Waals surface area contributed by atoms with Gasteiger partial charge in [-0.1, -0.05) is 87.2 Å². The third kappa shape index (κ3) is 4.25. The Morgan fingerprint density at radius 2 is 1.48 bits per heavy atom. The lowest BCUT2D eigenvalue weighted by atomic mass is 9.75. The number of rotatable bonds is 6. The normalized spacial score (nSPS) is 21.3. The zero-order valence-corrected chi connectivity index (χ0v) is 14.5. The maximum atomic E-state index is 2.37. The third-order valence-corrected chi connectivity index (χ3v) is 5.55. The van der Waals surface area contributed by atoms with Crippen molar-refractivity contribution in [3.8, 4) is 11.1 Å². The summed E-state index contributed by atoms with van der Waals surface area (Å²) < 4.78 is 0. The Labute approximate surface area is 141 Å². The van der Waals surface area contributed by atoms with Crippen LogP contribution in [0.4, 0.5) is 0 Å². The van der Waals surface area contributed by atoms with Crippen LogP contribution in [0, 0.1) is 5.92 Å². The minimum atomic E-state index is 0.758. The van der Waals surface area contributed by atoms with Gasteiger partial charge in [0, 0.05) is 0 Å². The van der Waals surface area contributed by atoms with Crippen LogP contribution < -0.4 is 0 Å². The van der Waals surface area contributed by atoms with Crippen LogP contribution in [0.15, 0.2) is 54.6 Å². The standard InChI is InChI=1S/C23H30/c1-2-3-5-10-19-15-17-21(18-16-19)23-14-9-8-13-22(23)20-11-6-4-7-12-20/h4,6-9,11-14,19,21H,2-3,5,10,15-18H2,1H3/t19-,21-. The molecule has 0 aromatic heterocycles. The van der Waals surface area contributed by atoms with Crippen molar-refractivity contribution in [3.63, 3.8) is 0 Å². The van der Waals surface area contributed by atoms with Crippen molar-refractivity contribution in [2.24, 2.45) is 5.92 Å². The summed E-state index contributed by atoms with van der Waals surface area (Å²) in [5.41, 5.74) is 4.39. The second kappa shape index (κ2) is 8.34. The van der Waals surface area contributed by atoms with E-state index in [1.807, 2.05) is 0 Å². The highest BCUT2D eigenvalue weighted by molar-refractivity contribution is 5.68. The summed E-state index contributed by atoms with van der Waals surface area (Å²) in [6.45, 7) is 2.30. The van der Waals surface area contributed by atoms with E-state index in [-0.39, 0.29) is 0 Å². The summed E-state index contributed by atoms with van der Waals surface area (Å²) in [6.07, 6.45) is 11.3. The van der Waals surface area contributed by atoms with Crippen LogP contribution in [-0.4, -0.2) is 0 Å². The number of benzene rings is 2. The summed E-state index contributed by atoms with van der Waals surface area (Å²) in [7, 11) is 0. The molecule has 1 aliphatic carbocycles. The molecule has 0 atom stereocenters. The van der Waals surface area contributed by atoms with E-state index in [0.717, 1.165) is 11.8 Å². The SMILES string of the molecule is CCCCC[C@H]1CC[C@H](c2ccccc2-c2ccccc2)CC1. The van der Waals surface area contributed by atoms with Gasteiger partial charge < -0.3 is 0 Å². The van der Waals surface area contributed by atoms with Crippen LogP contribution in [0.3, 0.4) is 0 Å². The summed E-state index contributed by atoms with van der Waals surface area (Å²) in [6, 6.07) is 20.0. The van der Waals surface area contributed by atoms with Gasteiger partial charge in [-0.25, -0.2) is 0 Å². The Hall–Kier alpha value is -1.56. The molecule has 0 nitrogen and oxygen atoms in total. The molecule has 0 N–H and O–H groups in total. The van der Waals surface area contributed by atoms with E-state index in [4.69, 9.17) is 0 Å². The summed E-state index contributed by atoms with van der Waals surface area (Å²) in [4.78, 5) is 0. The topological polar surface area (TPSA) is 0 Å². The predicted molar refractivity (Wildman–Crippen MR) is 101 cm³/mol. The molecular weight excluding hydrogens is 276 g/mol. The fraction of sp³-hybridized carbons (Fsp3) is 0.478. The van der Waals surface area contributed by atoms with Crippen LogP contribution in [0.25, 0.3) is 11.1 Å². The molecule has 1 aliphatic rings. The monoisotopic (exact) mass is 306 g/mol. The van der Waals surface area contributed by atoms with Crippen LogP contribution in [0.2, 0.25) is 0 Å². The van der Waals surface area contributed by atoms with Crippen molar-refractivity contribution < 1.29 is 0 Å². The van der Waals surface area contributed by atoms with Crippen molar-refractivity contribution in [1.29, 1.82) is 0 Å². The molecule has 0 bridgehead atoms. The molecule has 0 aliphatic heterocycles. The van der Waals surface area contributed by atoms with Gasteiger partial charge in [0.15, 0.2) is 0 Å². The van der Waals surface area contributed by atoms with Crippen molar-refractivity contribution in [2.75, 3.05) is 0 Å². The van der Waals surface area contributed by atoms with Gasteiger partial charge in [-0.15, -0.1) is 0 Å². The maximum Gasteiger partial charge on any atom is -0.0149 e. The first-order valence-corrected chi connectivity index (χ1v) is 9.53. The highest BCUT2D eigenvalue weighted by Crippen LogP contribution is 2.41. The molecule has 3 rings (SSSR count). The first kappa shape index (κ1) is 16.3. The van der Waals surface area contributed by atoms with Crippen molar-refractivity contribution >= 4 is 0 Å². The zero-order chi connectivity index (χ0) is 15.9.